The molecule has 1 heterocycles. The number of rotatable bonds is 4. The first kappa shape index (κ1) is 10.7. The first-order chi connectivity index (χ1) is 7.66. The molecule has 1 aromatic heterocycles. The third-order valence-corrected chi connectivity index (χ3v) is 2.68. The molecule has 0 radical (unpaired) electrons. The molecule has 2 rings (SSSR count). The second kappa shape index (κ2) is 4.37. The molecule has 4 nitrogen and oxygen atoms in total. The molecular formula is C12H14N2O2. The van der Waals surface area contributed by atoms with Crippen molar-refractivity contribution in [1.82, 2.24) is 4.98 Å². The van der Waals surface area contributed by atoms with Crippen molar-refractivity contribution < 1.29 is 9.90 Å². The highest BCUT2D eigenvalue weighted by atomic mass is 16.4. The molecule has 2 aromatic rings. The molecule has 0 saturated carbocycles. The van der Waals surface area contributed by atoms with E-state index in [1.54, 1.807) is 0 Å². The second-order valence-corrected chi connectivity index (χ2v) is 3.88. The van der Waals surface area contributed by atoms with E-state index in [1.165, 1.54) is 0 Å². The van der Waals surface area contributed by atoms with E-state index in [4.69, 9.17) is 10.8 Å². The molecule has 0 aliphatic rings. The quantitative estimate of drug-likeness (QED) is 0.727. The molecule has 0 fully saturated rings. The minimum Gasteiger partial charge on any atom is -0.480 e. The third-order valence-electron chi connectivity index (χ3n) is 2.68. The van der Waals surface area contributed by atoms with E-state index in [1.807, 2.05) is 30.5 Å². The molecule has 0 aliphatic heterocycles. The number of carboxylic acids is 1. The largest absolute Gasteiger partial charge is 0.480 e. The predicted molar refractivity (Wildman–Crippen MR) is 62.2 cm³/mol. The van der Waals surface area contributed by atoms with E-state index in [2.05, 4.69) is 4.98 Å². The summed E-state index contributed by atoms with van der Waals surface area (Å²) in [5.74, 6) is -0.944. The van der Waals surface area contributed by atoms with Gasteiger partial charge in [-0.05, 0) is 35.9 Å². The van der Waals surface area contributed by atoms with Crippen molar-refractivity contribution in [1.29, 1.82) is 0 Å². The van der Waals surface area contributed by atoms with E-state index in [0.717, 1.165) is 16.5 Å². The molecule has 1 atom stereocenters. The Kier molecular flexibility index (Phi) is 2.92. The molecule has 84 valence electrons. The van der Waals surface area contributed by atoms with E-state index < -0.39 is 12.0 Å². The molecule has 0 bridgehead atoms. The lowest BCUT2D eigenvalue weighted by molar-refractivity contribution is -0.138. The van der Waals surface area contributed by atoms with Crippen LogP contribution in [0.4, 0.5) is 0 Å². The van der Waals surface area contributed by atoms with Gasteiger partial charge in [-0.15, -0.1) is 0 Å². The monoisotopic (exact) mass is 218 g/mol. The Hall–Kier alpha value is -1.81. The molecule has 0 amide bonds. The standard InChI is InChI=1S/C12H14N2O2/c13-10(12(15)16)4-2-8-1-3-9-5-6-14-11(9)7-8/h1,3,5-7,10,14H,2,4,13H2,(H,15,16). The molecule has 4 N–H and O–H groups in total. The number of aromatic amines is 1. The van der Waals surface area contributed by atoms with Gasteiger partial charge in [0.1, 0.15) is 6.04 Å². The van der Waals surface area contributed by atoms with Gasteiger partial charge in [-0.3, -0.25) is 4.79 Å². The van der Waals surface area contributed by atoms with Crippen molar-refractivity contribution in [3.63, 3.8) is 0 Å². The topological polar surface area (TPSA) is 79.1 Å². The molecule has 0 spiro atoms. The zero-order valence-corrected chi connectivity index (χ0v) is 8.81. The Labute approximate surface area is 93.1 Å². The number of hydrogen-bond donors (Lipinski definition) is 3. The summed E-state index contributed by atoms with van der Waals surface area (Å²) in [5, 5.41) is 9.83. The van der Waals surface area contributed by atoms with Crippen LogP contribution in [0.2, 0.25) is 0 Å². The van der Waals surface area contributed by atoms with Crippen LogP contribution in [0, 0.1) is 0 Å². The van der Waals surface area contributed by atoms with Crippen LogP contribution < -0.4 is 5.73 Å². The lowest BCUT2D eigenvalue weighted by atomic mass is 10.0. The van der Waals surface area contributed by atoms with Crippen LogP contribution in [0.1, 0.15) is 12.0 Å². The first-order valence-corrected chi connectivity index (χ1v) is 5.21. The van der Waals surface area contributed by atoms with Crippen LogP contribution in [0.15, 0.2) is 30.5 Å². The van der Waals surface area contributed by atoms with Crippen molar-refractivity contribution in [3.05, 3.63) is 36.0 Å². The van der Waals surface area contributed by atoms with Crippen molar-refractivity contribution in [2.75, 3.05) is 0 Å². The molecular weight excluding hydrogens is 204 g/mol. The van der Waals surface area contributed by atoms with Crippen molar-refractivity contribution in [3.8, 4) is 0 Å². The Morgan fingerprint density at radius 1 is 1.44 bits per heavy atom. The Morgan fingerprint density at radius 3 is 3.00 bits per heavy atom. The average molecular weight is 218 g/mol. The summed E-state index contributed by atoms with van der Waals surface area (Å²) in [4.78, 5) is 13.7. The minimum absolute atomic E-state index is 0.460. The van der Waals surface area contributed by atoms with Crippen LogP contribution in [-0.4, -0.2) is 22.1 Å². The van der Waals surface area contributed by atoms with E-state index in [9.17, 15) is 4.79 Å². The molecule has 0 aliphatic carbocycles. The number of carbonyl (C=O) groups is 1. The Morgan fingerprint density at radius 2 is 2.25 bits per heavy atom. The number of carboxylic acid groups (broad SMARTS) is 1. The van der Waals surface area contributed by atoms with Crippen LogP contribution in [0.3, 0.4) is 0 Å². The number of aliphatic carboxylic acids is 1. The van der Waals surface area contributed by atoms with E-state index in [0.29, 0.717) is 12.8 Å². The first-order valence-electron chi connectivity index (χ1n) is 5.21. The summed E-state index contributed by atoms with van der Waals surface area (Å²) in [5.41, 5.74) is 7.62. The SMILES string of the molecule is NC(CCc1ccc2cc[nH]c2c1)C(=O)O. The van der Waals surface area contributed by atoms with Crippen LogP contribution in [-0.2, 0) is 11.2 Å². The number of benzene rings is 1. The fourth-order valence-corrected chi connectivity index (χ4v) is 1.70. The summed E-state index contributed by atoms with van der Waals surface area (Å²) < 4.78 is 0. The van der Waals surface area contributed by atoms with Gasteiger partial charge in [0.2, 0.25) is 0 Å². The number of hydrogen-bond acceptors (Lipinski definition) is 2. The summed E-state index contributed by atoms with van der Waals surface area (Å²) in [6.07, 6.45) is 3.03. The van der Waals surface area contributed by atoms with Gasteiger partial charge < -0.3 is 15.8 Å². The highest BCUT2D eigenvalue weighted by Gasteiger charge is 2.10. The maximum atomic E-state index is 10.6. The lowest BCUT2D eigenvalue weighted by Gasteiger charge is -2.06. The van der Waals surface area contributed by atoms with Crippen LogP contribution in [0.5, 0.6) is 0 Å². The third kappa shape index (κ3) is 2.23. The smallest absolute Gasteiger partial charge is 0.320 e. The van der Waals surface area contributed by atoms with Gasteiger partial charge in [-0.1, -0.05) is 12.1 Å². The highest BCUT2D eigenvalue weighted by Crippen LogP contribution is 2.15. The number of H-pyrrole nitrogens is 1. The van der Waals surface area contributed by atoms with Crippen molar-refractivity contribution in [2.24, 2.45) is 5.73 Å². The number of fused-ring (bicyclic) bond motifs is 1. The van der Waals surface area contributed by atoms with Crippen molar-refractivity contribution >= 4 is 16.9 Å². The van der Waals surface area contributed by atoms with Crippen LogP contribution >= 0.6 is 0 Å². The Bertz CT molecular complexity index is 504. The van der Waals surface area contributed by atoms with Gasteiger partial charge in [0.25, 0.3) is 0 Å². The van der Waals surface area contributed by atoms with Crippen molar-refractivity contribution in [2.45, 2.75) is 18.9 Å². The predicted octanol–water partition coefficient (Wildman–Crippen LogP) is 1.51. The zero-order valence-electron chi connectivity index (χ0n) is 8.81. The number of nitrogens with one attached hydrogen (secondary N) is 1. The minimum atomic E-state index is -0.944. The fraction of sp³-hybridized carbons (Fsp3) is 0.250. The van der Waals surface area contributed by atoms with Gasteiger partial charge in [-0.25, -0.2) is 0 Å². The van der Waals surface area contributed by atoms with Gasteiger partial charge in [0.15, 0.2) is 0 Å². The second-order valence-electron chi connectivity index (χ2n) is 3.88. The van der Waals surface area contributed by atoms with Crippen LogP contribution in [0.25, 0.3) is 10.9 Å². The zero-order chi connectivity index (χ0) is 11.5. The number of nitrogens with two attached hydrogens (primary N) is 1. The van der Waals surface area contributed by atoms with E-state index in [-0.39, 0.29) is 0 Å². The molecule has 1 aromatic carbocycles. The average Bonchev–Trinajstić information content (AvgIpc) is 2.72. The number of aryl methyl sites for hydroxylation is 1. The van der Waals surface area contributed by atoms with Gasteiger partial charge >= 0.3 is 5.97 Å². The van der Waals surface area contributed by atoms with Gasteiger partial charge in [0, 0.05) is 11.7 Å². The Balaban J connectivity index is 2.06. The molecule has 1 unspecified atom stereocenters. The maximum absolute atomic E-state index is 10.6. The highest BCUT2D eigenvalue weighted by molar-refractivity contribution is 5.79. The molecule has 4 heteroatoms. The van der Waals surface area contributed by atoms with E-state index >= 15 is 0 Å². The summed E-state index contributed by atoms with van der Waals surface area (Å²) >= 11 is 0. The number of aromatic nitrogens is 1. The van der Waals surface area contributed by atoms with Gasteiger partial charge in [0.05, 0.1) is 0 Å². The lowest BCUT2D eigenvalue weighted by Crippen LogP contribution is -2.30. The molecule has 16 heavy (non-hydrogen) atoms. The maximum Gasteiger partial charge on any atom is 0.320 e. The fourth-order valence-electron chi connectivity index (χ4n) is 1.70. The van der Waals surface area contributed by atoms with Gasteiger partial charge in [-0.2, -0.15) is 0 Å². The summed E-state index contributed by atoms with van der Waals surface area (Å²) in [6.45, 7) is 0. The normalized spacial score (nSPS) is 12.8. The summed E-state index contributed by atoms with van der Waals surface area (Å²) in [6, 6.07) is 7.28. The molecule has 0 saturated heterocycles. The summed E-state index contributed by atoms with van der Waals surface area (Å²) in [7, 11) is 0.